The van der Waals surface area contributed by atoms with Crippen LogP contribution >= 0.6 is 0 Å². The number of nitrogens with zero attached hydrogens (tertiary/aromatic N) is 3. The Bertz CT molecular complexity index is 652. The highest BCUT2D eigenvalue weighted by Gasteiger charge is 2.09. The molecule has 2 rings (SSSR count). The fraction of sp³-hybridized carbons (Fsp3) is 0.412. The third kappa shape index (κ3) is 5.41. The Morgan fingerprint density at radius 3 is 2.83 bits per heavy atom. The molecule has 23 heavy (non-hydrogen) atoms. The summed E-state index contributed by atoms with van der Waals surface area (Å²) in [7, 11) is 5.62. The second-order valence-electron chi connectivity index (χ2n) is 5.95. The molecular weight excluding hydrogens is 292 g/mol. The summed E-state index contributed by atoms with van der Waals surface area (Å²) in [5.41, 5.74) is 2.10. The van der Waals surface area contributed by atoms with Crippen molar-refractivity contribution < 1.29 is 9.53 Å². The van der Waals surface area contributed by atoms with Crippen LogP contribution in [0, 0.1) is 0 Å². The average molecular weight is 316 g/mol. The molecule has 0 saturated carbocycles. The summed E-state index contributed by atoms with van der Waals surface area (Å²) in [6.45, 7) is 2.73. The Balaban J connectivity index is 1.89. The van der Waals surface area contributed by atoms with E-state index in [0.29, 0.717) is 13.2 Å². The minimum Gasteiger partial charge on any atom is -0.491 e. The molecule has 6 heteroatoms. The van der Waals surface area contributed by atoms with Gasteiger partial charge >= 0.3 is 0 Å². The lowest BCUT2D eigenvalue weighted by atomic mass is 10.1. The van der Waals surface area contributed by atoms with Crippen molar-refractivity contribution in [1.29, 1.82) is 0 Å². The van der Waals surface area contributed by atoms with Crippen molar-refractivity contribution >= 4 is 5.91 Å². The molecule has 2 aromatic rings. The van der Waals surface area contributed by atoms with E-state index in [9.17, 15) is 4.79 Å². The van der Waals surface area contributed by atoms with E-state index in [4.69, 9.17) is 4.74 Å². The summed E-state index contributed by atoms with van der Waals surface area (Å²) in [6, 6.07) is 7.81. The molecular formula is C17H24N4O2. The van der Waals surface area contributed by atoms with Crippen LogP contribution in [0.1, 0.15) is 6.92 Å². The van der Waals surface area contributed by atoms with E-state index in [2.05, 4.69) is 10.4 Å². The summed E-state index contributed by atoms with van der Waals surface area (Å²) >= 11 is 0. The summed E-state index contributed by atoms with van der Waals surface area (Å²) in [5, 5.41) is 7.09. The van der Waals surface area contributed by atoms with Crippen molar-refractivity contribution in [3.63, 3.8) is 0 Å². The first-order valence-corrected chi connectivity index (χ1v) is 7.60. The molecule has 0 aliphatic heterocycles. The largest absolute Gasteiger partial charge is 0.491 e. The zero-order valence-electron chi connectivity index (χ0n) is 14.1. The molecule has 124 valence electrons. The Morgan fingerprint density at radius 1 is 1.39 bits per heavy atom. The lowest BCUT2D eigenvalue weighted by Crippen LogP contribution is -2.41. The van der Waals surface area contributed by atoms with E-state index < -0.39 is 0 Å². The maximum Gasteiger partial charge on any atom is 0.234 e. The Kier molecular flexibility index (Phi) is 5.76. The number of hydrogen-bond acceptors (Lipinski definition) is 4. The number of carbonyl (C=O) groups excluding carboxylic acids is 1. The highest BCUT2D eigenvalue weighted by atomic mass is 16.5. The number of nitrogens with one attached hydrogen (secondary N) is 1. The van der Waals surface area contributed by atoms with Crippen molar-refractivity contribution in [2.45, 2.75) is 13.0 Å². The van der Waals surface area contributed by atoms with Gasteiger partial charge in [0.1, 0.15) is 12.4 Å². The summed E-state index contributed by atoms with van der Waals surface area (Å²) in [6.07, 6.45) is 3.78. The second-order valence-corrected chi connectivity index (χ2v) is 5.95. The summed E-state index contributed by atoms with van der Waals surface area (Å²) < 4.78 is 7.56. The molecule has 0 bridgehead atoms. The molecule has 0 fully saturated rings. The van der Waals surface area contributed by atoms with Crippen LogP contribution in [-0.2, 0) is 11.8 Å². The Hall–Kier alpha value is -2.34. The number of amides is 1. The normalized spacial score (nSPS) is 12.2. The van der Waals surface area contributed by atoms with Crippen LogP contribution in [0.5, 0.6) is 5.75 Å². The third-order valence-electron chi connectivity index (χ3n) is 3.24. The van der Waals surface area contributed by atoms with E-state index in [1.165, 1.54) is 0 Å². The Labute approximate surface area is 137 Å². The summed E-state index contributed by atoms with van der Waals surface area (Å²) in [4.78, 5) is 13.5. The van der Waals surface area contributed by atoms with Crippen LogP contribution in [0.2, 0.25) is 0 Å². The molecule has 1 aromatic carbocycles. The molecule has 0 aliphatic carbocycles. The number of ether oxygens (including phenoxy) is 1. The standard InChI is InChI=1S/C17H24N4O2/c1-13(19-17(22)11-20(2)3)12-23-16-7-5-6-14(8-16)15-9-18-21(4)10-15/h5-10,13H,11-12H2,1-4H3,(H,19,22)/t13-/m0/s1. The quantitative estimate of drug-likeness (QED) is 0.841. The lowest BCUT2D eigenvalue weighted by Gasteiger charge is -2.17. The number of rotatable bonds is 7. The second kappa shape index (κ2) is 7.78. The molecule has 0 unspecified atom stereocenters. The highest BCUT2D eigenvalue weighted by Crippen LogP contribution is 2.23. The minimum atomic E-state index is -0.0514. The SMILES string of the molecule is C[C@@H](COc1cccc(-c2cnn(C)c2)c1)NC(=O)CN(C)C. The van der Waals surface area contributed by atoms with Crippen molar-refractivity contribution in [1.82, 2.24) is 20.0 Å². The predicted molar refractivity (Wildman–Crippen MR) is 90.3 cm³/mol. The molecule has 1 N–H and O–H groups in total. The van der Waals surface area contributed by atoms with Gasteiger partial charge in [-0.2, -0.15) is 5.10 Å². The monoisotopic (exact) mass is 316 g/mol. The van der Waals surface area contributed by atoms with E-state index >= 15 is 0 Å². The van der Waals surface area contributed by atoms with Crippen LogP contribution in [0.15, 0.2) is 36.7 Å². The van der Waals surface area contributed by atoms with E-state index in [1.54, 1.807) is 4.68 Å². The molecule has 1 amide bonds. The smallest absolute Gasteiger partial charge is 0.234 e. The first-order valence-electron chi connectivity index (χ1n) is 7.60. The minimum absolute atomic E-state index is 0.00443. The molecule has 0 aliphatic rings. The topological polar surface area (TPSA) is 59.4 Å². The number of aromatic nitrogens is 2. The first kappa shape index (κ1) is 17.0. The van der Waals surface area contributed by atoms with Gasteiger partial charge in [0.05, 0.1) is 18.8 Å². The van der Waals surface area contributed by atoms with Gasteiger partial charge in [-0.1, -0.05) is 12.1 Å². The van der Waals surface area contributed by atoms with Crippen LogP contribution in [0.4, 0.5) is 0 Å². The van der Waals surface area contributed by atoms with E-state index in [-0.39, 0.29) is 11.9 Å². The van der Waals surface area contributed by atoms with Gasteiger partial charge in [0.2, 0.25) is 5.91 Å². The van der Waals surface area contributed by atoms with Crippen molar-refractivity contribution in [2.75, 3.05) is 27.2 Å². The van der Waals surface area contributed by atoms with Crippen LogP contribution < -0.4 is 10.1 Å². The Morgan fingerprint density at radius 2 is 2.17 bits per heavy atom. The van der Waals surface area contributed by atoms with Gasteiger partial charge in [0, 0.05) is 18.8 Å². The van der Waals surface area contributed by atoms with Gasteiger partial charge in [0.15, 0.2) is 0 Å². The van der Waals surface area contributed by atoms with Crippen LogP contribution in [0.25, 0.3) is 11.1 Å². The van der Waals surface area contributed by atoms with Gasteiger partial charge < -0.3 is 15.0 Å². The molecule has 1 heterocycles. The van der Waals surface area contributed by atoms with Crippen LogP contribution in [-0.4, -0.2) is 53.9 Å². The molecule has 0 radical (unpaired) electrons. The van der Waals surface area contributed by atoms with Crippen molar-refractivity contribution in [2.24, 2.45) is 7.05 Å². The third-order valence-corrected chi connectivity index (χ3v) is 3.24. The van der Waals surface area contributed by atoms with Gasteiger partial charge in [-0.25, -0.2) is 0 Å². The van der Waals surface area contributed by atoms with Gasteiger partial charge in [-0.15, -0.1) is 0 Å². The van der Waals surface area contributed by atoms with E-state index in [1.807, 2.05) is 69.6 Å². The molecule has 1 aromatic heterocycles. The number of carbonyl (C=O) groups is 1. The lowest BCUT2D eigenvalue weighted by molar-refractivity contribution is -0.122. The van der Waals surface area contributed by atoms with E-state index in [0.717, 1.165) is 16.9 Å². The van der Waals surface area contributed by atoms with Gasteiger partial charge in [-0.05, 0) is 38.7 Å². The molecule has 1 atom stereocenters. The zero-order valence-corrected chi connectivity index (χ0v) is 14.1. The average Bonchev–Trinajstić information content (AvgIpc) is 2.91. The maximum absolute atomic E-state index is 11.7. The summed E-state index contributed by atoms with van der Waals surface area (Å²) in [5.74, 6) is 0.773. The predicted octanol–water partition coefficient (Wildman–Crippen LogP) is 1.53. The first-order chi connectivity index (χ1) is 10.9. The van der Waals surface area contributed by atoms with Crippen molar-refractivity contribution in [3.05, 3.63) is 36.7 Å². The molecule has 0 saturated heterocycles. The molecule has 6 nitrogen and oxygen atoms in total. The number of likely N-dealkylation sites (N-methyl/N-ethyl adjacent to an activating group) is 1. The molecule has 0 spiro atoms. The highest BCUT2D eigenvalue weighted by molar-refractivity contribution is 5.78. The van der Waals surface area contributed by atoms with Gasteiger partial charge in [-0.3, -0.25) is 9.48 Å². The number of benzene rings is 1. The number of hydrogen-bond donors (Lipinski definition) is 1. The van der Waals surface area contributed by atoms with Gasteiger partial charge in [0.25, 0.3) is 0 Å². The fourth-order valence-electron chi connectivity index (χ4n) is 2.21. The zero-order chi connectivity index (χ0) is 16.8. The number of aryl methyl sites for hydroxylation is 1. The van der Waals surface area contributed by atoms with Crippen molar-refractivity contribution in [3.8, 4) is 16.9 Å². The van der Waals surface area contributed by atoms with Crippen LogP contribution in [0.3, 0.4) is 0 Å². The fourth-order valence-corrected chi connectivity index (χ4v) is 2.21. The maximum atomic E-state index is 11.7.